The highest BCUT2D eigenvalue weighted by molar-refractivity contribution is 5.14. The van der Waals surface area contributed by atoms with Crippen molar-refractivity contribution in [3.63, 3.8) is 0 Å². The first-order valence-corrected chi connectivity index (χ1v) is 6.25. The van der Waals surface area contributed by atoms with Gasteiger partial charge in [0.25, 0.3) is 0 Å². The second-order valence-electron chi connectivity index (χ2n) is 4.10. The first-order chi connectivity index (χ1) is 8.36. The molecular weight excluding hydrogens is 212 g/mol. The average Bonchev–Trinajstić information content (AvgIpc) is 2.38. The molecule has 1 aromatic carbocycles. The van der Waals surface area contributed by atoms with Crippen molar-refractivity contribution in [3.8, 4) is 0 Å². The van der Waals surface area contributed by atoms with Crippen LogP contribution in [0.4, 0.5) is 0 Å². The molecule has 0 aliphatic heterocycles. The highest BCUT2D eigenvalue weighted by Gasteiger charge is 2.04. The fourth-order valence-corrected chi connectivity index (χ4v) is 1.72. The van der Waals surface area contributed by atoms with E-state index in [1.807, 2.05) is 12.1 Å². The second-order valence-corrected chi connectivity index (χ2v) is 4.10. The van der Waals surface area contributed by atoms with E-state index in [-0.39, 0.29) is 12.7 Å². The Bertz CT molecular complexity index is 295. The van der Waals surface area contributed by atoms with E-state index >= 15 is 0 Å². The molecule has 0 aliphatic rings. The van der Waals surface area contributed by atoms with Crippen LogP contribution in [0.15, 0.2) is 43.0 Å². The van der Waals surface area contributed by atoms with Gasteiger partial charge in [-0.15, -0.1) is 6.58 Å². The quantitative estimate of drug-likeness (QED) is 0.526. The topological polar surface area (TPSA) is 29.5 Å². The first-order valence-electron chi connectivity index (χ1n) is 6.25. The Morgan fingerprint density at radius 1 is 1.24 bits per heavy atom. The summed E-state index contributed by atoms with van der Waals surface area (Å²) < 4.78 is 5.59. The lowest BCUT2D eigenvalue weighted by atomic mass is 10.1. The van der Waals surface area contributed by atoms with Crippen molar-refractivity contribution in [2.45, 2.75) is 31.8 Å². The van der Waals surface area contributed by atoms with Gasteiger partial charge in [-0.05, 0) is 31.2 Å². The maximum atomic E-state index is 8.67. The van der Waals surface area contributed by atoms with Crippen LogP contribution in [0, 0.1) is 0 Å². The molecule has 0 amide bonds. The molecule has 1 aromatic rings. The summed E-state index contributed by atoms with van der Waals surface area (Å²) in [5.74, 6) is 0. The Balaban J connectivity index is 2.17. The molecule has 2 nitrogen and oxygen atoms in total. The van der Waals surface area contributed by atoms with Crippen LogP contribution in [-0.4, -0.2) is 24.4 Å². The maximum Gasteiger partial charge on any atom is 0.0753 e. The van der Waals surface area contributed by atoms with Crippen molar-refractivity contribution in [1.29, 1.82) is 0 Å². The summed E-state index contributed by atoms with van der Waals surface area (Å²) in [6.07, 6.45) is 5.83. The highest BCUT2D eigenvalue weighted by atomic mass is 16.5. The summed E-state index contributed by atoms with van der Waals surface area (Å²) >= 11 is 0. The smallest absolute Gasteiger partial charge is 0.0753 e. The van der Waals surface area contributed by atoms with Gasteiger partial charge >= 0.3 is 0 Å². The van der Waals surface area contributed by atoms with Gasteiger partial charge in [0.1, 0.15) is 0 Å². The molecule has 0 unspecified atom stereocenters. The van der Waals surface area contributed by atoms with Crippen molar-refractivity contribution < 1.29 is 9.84 Å². The van der Waals surface area contributed by atoms with Gasteiger partial charge in [-0.1, -0.05) is 36.4 Å². The molecular formula is C15H22O2. The molecule has 0 saturated carbocycles. The third-order valence-corrected chi connectivity index (χ3v) is 2.69. The predicted octanol–water partition coefficient (Wildman–Crippen LogP) is 2.96. The summed E-state index contributed by atoms with van der Waals surface area (Å²) in [7, 11) is 0. The van der Waals surface area contributed by atoms with Gasteiger partial charge in [-0.25, -0.2) is 0 Å². The van der Waals surface area contributed by atoms with E-state index in [9.17, 15) is 0 Å². The Hall–Kier alpha value is -1.12. The Morgan fingerprint density at radius 3 is 2.65 bits per heavy atom. The first kappa shape index (κ1) is 13.9. The molecule has 1 N–H and O–H groups in total. The fraction of sp³-hybridized carbons (Fsp3) is 0.467. The number of aliphatic hydroxyl groups excluding tert-OH is 1. The Morgan fingerprint density at radius 2 is 2.00 bits per heavy atom. The number of benzene rings is 1. The van der Waals surface area contributed by atoms with E-state index in [0.717, 1.165) is 19.3 Å². The van der Waals surface area contributed by atoms with Gasteiger partial charge in [0, 0.05) is 13.2 Å². The minimum absolute atomic E-state index is 0.116. The molecule has 0 aliphatic carbocycles. The van der Waals surface area contributed by atoms with Gasteiger partial charge in [-0.2, -0.15) is 0 Å². The molecule has 0 heterocycles. The van der Waals surface area contributed by atoms with E-state index in [0.29, 0.717) is 13.0 Å². The third kappa shape index (κ3) is 6.25. The molecule has 0 aromatic heterocycles. The van der Waals surface area contributed by atoms with E-state index < -0.39 is 0 Å². The van der Waals surface area contributed by atoms with Crippen molar-refractivity contribution in [1.82, 2.24) is 0 Å². The average molecular weight is 234 g/mol. The third-order valence-electron chi connectivity index (χ3n) is 2.69. The van der Waals surface area contributed by atoms with Gasteiger partial charge < -0.3 is 9.84 Å². The predicted molar refractivity (Wildman–Crippen MR) is 71.0 cm³/mol. The van der Waals surface area contributed by atoms with Crippen LogP contribution in [0.2, 0.25) is 0 Å². The molecule has 1 atom stereocenters. The number of rotatable bonds is 9. The fourth-order valence-electron chi connectivity index (χ4n) is 1.72. The minimum atomic E-state index is 0.116. The van der Waals surface area contributed by atoms with Gasteiger partial charge in [-0.3, -0.25) is 0 Å². The van der Waals surface area contributed by atoms with Crippen LogP contribution in [0.3, 0.4) is 0 Å². The van der Waals surface area contributed by atoms with Crippen LogP contribution in [0.5, 0.6) is 0 Å². The van der Waals surface area contributed by atoms with Crippen molar-refractivity contribution >= 4 is 0 Å². The molecule has 2 heteroatoms. The van der Waals surface area contributed by atoms with Crippen molar-refractivity contribution in [3.05, 3.63) is 48.6 Å². The second kappa shape index (κ2) is 8.97. The Labute approximate surface area is 104 Å². The van der Waals surface area contributed by atoms with Crippen LogP contribution in [0.1, 0.15) is 24.8 Å². The number of aryl methyl sites for hydroxylation is 1. The zero-order chi connectivity index (χ0) is 12.3. The van der Waals surface area contributed by atoms with E-state index in [1.165, 1.54) is 5.56 Å². The molecule has 0 bridgehead atoms. The monoisotopic (exact) mass is 234 g/mol. The standard InChI is InChI=1S/C15H22O2/c1-2-15(17-13-7-12-16)11-6-10-14-8-4-3-5-9-14/h2-5,8-9,15-16H,1,6-7,10-13H2/t15-/m0/s1. The molecule has 17 heavy (non-hydrogen) atoms. The lowest BCUT2D eigenvalue weighted by Crippen LogP contribution is -2.11. The molecule has 0 saturated heterocycles. The largest absolute Gasteiger partial charge is 0.396 e. The van der Waals surface area contributed by atoms with Crippen molar-refractivity contribution in [2.75, 3.05) is 13.2 Å². The number of ether oxygens (including phenoxy) is 1. The summed E-state index contributed by atoms with van der Waals surface area (Å²) in [6, 6.07) is 10.5. The molecule has 1 rings (SSSR count). The van der Waals surface area contributed by atoms with Gasteiger partial charge in [0.15, 0.2) is 0 Å². The van der Waals surface area contributed by atoms with Crippen molar-refractivity contribution in [2.24, 2.45) is 0 Å². The molecule has 0 spiro atoms. The normalized spacial score (nSPS) is 12.3. The van der Waals surface area contributed by atoms with Crippen LogP contribution in [-0.2, 0) is 11.2 Å². The van der Waals surface area contributed by atoms with Crippen LogP contribution >= 0.6 is 0 Å². The number of hydrogen-bond acceptors (Lipinski definition) is 2. The van der Waals surface area contributed by atoms with Gasteiger partial charge in [0.2, 0.25) is 0 Å². The molecule has 0 fully saturated rings. The van der Waals surface area contributed by atoms with Crippen LogP contribution in [0.25, 0.3) is 0 Å². The van der Waals surface area contributed by atoms with E-state index in [2.05, 4.69) is 30.8 Å². The zero-order valence-corrected chi connectivity index (χ0v) is 10.3. The van der Waals surface area contributed by atoms with E-state index in [4.69, 9.17) is 9.84 Å². The summed E-state index contributed by atoms with van der Waals surface area (Å²) in [5, 5.41) is 8.67. The molecule has 94 valence electrons. The SMILES string of the molecule is C=C[C@@H](CCCc1ccccc1)OCCCO. The minimum Gasteiger partial charge on any atom is -0.396 e. The van der Waals surface area contributed by atoms with E-state index in [1.54, 1.807) is 0 Å². The highest BCUT2D eigenvalue weighted by Crippen LogP contribution is 2.09. The Kier molecular flexibility index (Phi) is 7.35. The van der Waals surface area contributed by atoms with Crippen LogP contribution < -0.4 is 0 Å². The lowest BCUT2D eigenvalue weighted by Gasteiger charge is -2.13. The summed E-state index contributed by atoms with van der Waals surface area (Å²) in [4.78, 5) is 0. The van der Waals surface area contributed by atoms with Gasteiger partial charge in [0.05, 0.1) is 6.10 Å². The maximum absolute atomic E-state index is 8.67. The molecule has 0 radical (unpaired) electrons. The number of hydrogen-bond donors (Lipinski definition) is 1. The summed E-state index contributed by atoms with van der Waals surface area (Å²) in [5.41, 5.74) is 1.37. The number of aliphatic hydroxyl groups is 1. The lowest BCUT2D eigenvalue weighted by molar-refractivity contribution is 0.0671. The summed E-state index contributed by atoms with van der Waals surface area (Å²) in [6.45, 7) is 4.58. The zero-order valence-electron chi connectivity index (χ0n) is 10.3.